The lowest BCUT2D eigenvalue weighted by Gasteiger charge is -2.32. The van der Waals surface area contributed by atoms with Crippen LogP contribution >= 0.6 is 0 Å². The Bertz CT molecular complexity index is 997. The fourth-order valence-corrected chi connectivity index (χ4v) is 3.63. The molecule has 1 atom stereocenters. The smallest absolute Gasteiger partial charge is 0.340 e. The first-order chi connectivity index (χ1) is 13.3. The molecular weight excluding hydrogens is 375 g/mol. The predicted octanol–water partition coefficient (Wildman–Crippen LogP) is 3.15. The van der Waals surface area contributed by atoms with Crippen molar-refractivity contribution in [1.29, 1.82) is 0 Å². The first-order valence-electron chi connectivity index (χ1n) is 8.90. The molecule has 1 amide bonds. The van der Waals surface area contributed by atoms with Crippen LogP contribution in [-0.4, -0.2) is 43.6 Å². The Hall–Kier alpha value is -2.91. The molecule has 148 valence electrons. The average Bonchev–Trinajstić information content (AvgIpc) is 3.30. The molecule has 4 heterocycles. The van der Waals surface area contributed by atoms with Crippen molar-refractivity contribution in [2.45, 2.75) is 38.4 Å². The van der Waals surface area contributed by atoms with Gasteiger partial charge in [0.25, 0.3) is 5.71 Å². The van der Waals surface area contributed by atoms with Gasteiger partial charge in [-0.3, -0.25) is 4.79 Å². The Kier molecular flexibility index (Phi) is 4.56. The van der Waals surface area contributed by atoms with E-state index in [9.17, 15) is 18.0 Å². The fraction of sp³-hybridized carbons (Fsp3) is 0.444. The average molecular weight is 393 g/mol. The van der Waals surface area contributed by atoms with E-state index in [0.717, 1.165) is 6.07 Å². The summed E-state index contributed by atoms with van der Waals surface area (Å²) < 4.78 is 47.4. The minimum absolute atomic E-state index is 0.102. The van der Waals surface area contributed by atoms with Gasteiger partial charge in [-0.05, 0) is 25.8 Å². The van der Waals surface area contributed by atoms with Crippen molar-refractivity contribution in [1.82, 2.24) is 24.6 Å². The predicted molar refractivity (Wildman–Crippen MR) is 92.3 cm³/mol. The summed E-state index contributed by atoms with van der Waals surface area (Å²) in [5, 5.41) is 3.52. The Morgan fingerprint density at radius 2 is 2.21 bits per heavy atom. The van der Waals surface area contributed by atoms with Crippen molar-refractivity contribution >= 4 is 17.0 Å². The monoisotopic (exact) mass is 393 g/mol. The number of fused-ring (bicyclic) bond motifs is 1. The van der Waals surface area contributed by atoms with Crippen LogP contribution in [0.1, 0.15) is 35.7 Å². The maximum Gasteiger partial charge on any atom is 0.417 e. The Morgan fingerprint density at radius 3 is 2.93 bits per heavy atom. The second kappa shape index (κ2) is 6.92. The zero-order chi connectivity index (χ0) is 19.9. The molecule has 10 heteroatoms. The van der Waals surface area contributed by atoms with E-state index in [1.165, 1.54) is 6.92 Å². The number of amides is 1. The maximum absolute atomic E-state index is 13.6. The lowest BCUT2D eigenvalue weighted by atomic mass is 9.92. The Morgan fingerprint density at radius 1 is 1.39 bits per heavy atom. The van der Waals surface area contributed by atoms with E-state index in [0.29, 0.717) is 25.9 Å². The molecule has 0 spiro atoms. The molecule has 0 unspecified atom stereocenters. The number of hydrogen-bond acceptors (Lipinski definition) is 5. The van der Waals surface area contributed by atoms with Gasteiger partial charge in [-0.25, -0.2) is 9.97 Å². The summed E-state index contributed by atoms with van der Waals surface area (Å²) >= 11 is 0. The SMILES string of the molecule is Cc1noc2nc([C@@H]3CCCN(C(=O)Cn4ccnc4)C3)cc(C(F)(F)F)c12. The molecule has 0 aliphatic carbocycles. The lowest BCUT2D eigenvalue weighted by Crippen LogP contribution is -2.41. The summed E-state index contributed by atoms with van der Waals surface area (Å²) in [7, 11) is 0. The number of piperidine rings is 1. The number of hydrogen-bond donors (Lipinski definition) is 0. The molecule has 0 aromatic carbocycles. The maximum atomic E-state index is 13.6. The highest BCUT2D eigenvalue weighted by atomic mass is 19.4. The van der Waals surface area contributed by atoms with Gasteiger partial charge in [0.2, 0.25) is 5.91 Å². The fourth-order valence-electron chi connectivity index (χ4n) is 3.63. The van der Waals surface area contributed by atoms with E-state index in [1.807, 2.05) is 0 Å². The van der Waals surface area contributed by atoms with Crippen molar-refractivity contribution in [2.24, 2.45) is 0 Å². The highest BCUT2D eigenvalue weighted by Crippen LogP contribution is 2.38. The van der Waals surface area contributed by atoms with Gasteiger partial charge in [-0.1, -0.05) is 5.16 Å². The number of rotatable bonds is 3. The lowest BCUT2D eigenvalue weighted by molar-refractivity contribution is -0.136. The standard InChI is InChI=1S/C18H18F3N5O2/c1-11-16-13(18(19,20)21)7-14(23-17(16)28-24-11)12-3-2-5-26(8-12)15(27)9-25-6-4-22-10-25/h4,6-7,10,12H,2-3,5,8-9H2,1H3/t12-/m1/s1. The van der Waals surface area contributed by atoms with E-state index in [1.54, 1.807) is 28.2 Å². The van der Waals surface area contributed by atoms with Gasteiger partial charge in [-0.15, -0.1) is 0 Å². The zero-order valence-electron chi connectivity index (χ0n) is 15.1. The zero-order valence-corrected chi connectivity index (χ0v) is 15.1. The number of nitrogens with zero attached hydrogens (tertiary/aromatic N) is 5. The molecule has 3 aromatic heterocycles. The normalized spacial score (nSPS) is 18.0. The number of aryl methyl sites for hydroxylation is 1. The Balaban J connectivity index is 1.61. The summed E-state index contributed by atoms with van der Waals surface area (Å²) in [6, 6.07) is 1.07. The second-order valence-electron chi connectivity index (χ2n) is 6.95. The van der Waals surface area contributed by atoms with Crippen molar-refractivity contribution in [3.05, 3.63) is 41.7 Å². The number of aromatic nitrogens is 4. The van der Waals surface area contributed by atoms with E-state index in [2.05, 4.69) is 15.1 Å². The van der Waals surface area contributed by atoms with Crippen LogP contribution < -0.4 is 0 Å². The number of carbonyl (C=O) groups excluding carboxylic acids is 1. The third-order valence-electron chi connectivity index (χ3n) is 5.01. The van der Waals surface area contributed by atoms with Gasteiger partial charge in [0.15, 0.2) is 0 Å². The molecule has 7 nitrogen and oxygen atoms in total. The molecule has 0 radical (unpaired) electrons. The van der Waals surface area contributed by atoms with Gasteiger partial charge < -0.3 is 14.0 Å². The molecule has 0 bridgehead atoms. The first-order valence-corrected chi connectivity index (χ1v) is 8.90. The Labute approximate surface area is 158 Å². The summed E-state index contributed by atoms with van der Waals surface area (Å²) in [5.74, 6) is -0.397. The largest absolute Gasteiger partial charge is 0.417 e. The third-order valence-corrected chi connectivity index (χ3v) is 5.01. The summed E-state index contributed by atoms with van der Waals surface area (Å²) in [4.78, 5) is 22.4. The molecule has 1 aliphatic heterocycles. The van der Waals surface area contributed by atoms with Gasteiger partial charge in [0.05, 0.1) is 28.7 Å². The van der Waals surface area contributed by atoms with E-state index in [-0.39, 0.29) is 40.9 Å². The second-order valence-corrected chi connectivity index (χ2v) is 6.95. The van der Waals surface area contributed by atoms with Crippen LogP contribution in [0.15, 0.2) is 29.3 Å². The highest BCUT2D eigenvalue weighted by molar-refractivity contribution is 5.81. The molecule has 1 fully saturated rings. The van der Waals surface area contributed by atoms with E-state index in [4.69, 9.17) is 4.52 Å². The van der Waals surface area contributed by atoms with Crippen LogP contribution in [0.25, 0.3) is 11.1 Å². The minimum atomic E-state index is -4.54. The van der Waals surface area contributed by atoms with Gasteiger partial charge in [-0.2, -0.15) is 13.2 Å². The van der Waals surface area contributed by atoms with E-state index < -0.39 is 11.7 Å². The molecule has 4 rings (SSSR count). The molecule has 28 heavy (non-hydrogen) atoms. The summed E-state index contributed by atoms with van der Waals surface area (Å²) in [6.07, 6.45) is 1.63. The van der Waals surface area contributed by atoms with Gasteiger partial charge in [0, 0.05) is 31.4 Å². The molecule has 0 saturated carbocycles. The minimum Gasteiger partial charge on any atom is -0.340 e. The molecule has 0 N–H and O–H groups in total. The molecular formula is C18H18F3N5O2. The summed E-state index contributed by atoms with van der Waals surface area (Å²) in [5.41, 5.74) is -0.490. The number of alkyl halides is 3. The number of carbonyl (C=O) groups is 1. The number of pyridine rings is 1. The van der Waals surface area contributed by atoms with Crippen molar-refractivity contribution in [3.8, 4) is 0 Å². The van der Waals surface area contributed by atoms with Crippen LogP contribution in [-0.2, 0) is 17.5 Å². The number of likely N-dealkylation sites (tertiary alicyclic amines) is 1. The van der Waals surface area contributed by atoms with E-state index >= 15 is 0 Å². The number of halogens is 3. The van der Waals surface area contributed by atoms with Crippen molar-refractivity contribution in [3.63, 3.8) is 0 Å². The third kappa shape index (κ3) is 3.46. The van der Waals surface area contributed by atoms with Gasteiger partial charge >= 0.3 is 6.18 Å². The van der Waals surface area contributed by atoms with Crippen LogP contribution in [0.4, 0.5) is 13.2 Å². The van der Waals surface area contributed by atoms with Crippen LogP contribution in [0.3, 0.4) is 0 Å². The first kappa shape index (κ1) is 18.5. The summed E-state index contributed by atoms with van der Waals surface area (Å²) in [6.45, 7) is 2.49. The van der Waals surface area contributed by atoms with Crippen molar-refractivity contribution < 1.29 is 22.5 Å². The quantitative estimate of drug-likeness (QED) is 0.683. The van der Waals surface area contributed by atoms with Crippen LogP contribution in [0.5, 0.6) is 0 Å². The number of imidazole rings is 1. The molecule has 1 aliphatic rings. The van der Waals surface area contributed by atoms with Gasteiger partial charge in [0.1, 0.15) is 6.54 Å². The molecule has 1 saturated heterocycles. The van der Waals surface area contributed by atoms with Crippen molar-refractivity contribution in [2.75, 3.05) is 13.1 Å². The topological polar surface area (TPSA) is 77.0 Å². The highest BCUT2D eigenvalue weighted by Gasteiger charge is 2.37. The van der Waals surface area contributed by atoms with Crippen LogP contribution in [0.2, 0.25) is 0 Å². The van der Waals surface area contributed by atoms with Crippen LogP contribution in [0, 0.1) is 6.92 Å². The molecule has 3 aromatic rings.